The number of rotatable bonds is 3. The van der Waals surface area contributed by atoms with Crippen LogP contribution in [0.25, 0.3) is 11.1 Å². The maximum atomic E-state index is 13.1. The lowest BCUT2D eigenvalue weighted by molar-refractivity contribution is 0.00628. The molecule has 116 valence electrons. The third-order valence-electron chi connectivity index (χ3n) is 3.13. The molecule has 0 saturated carbocycles. The van der Waals surface area contributed by atoms with E-state index in [1.54, 1.807) is 39.8 Å². The van der Waals surface area contributed by atoms with Crippen LogP contribution in [0.5, 0.6) is 0 Å². The summed E-state index contributed by atoms with van der Waals surface area (Å²) in [5.41, 5.74) is 1.71. The summed E-state index contributed by atoms with van der Waals surface area (Å²) in [5, 5.41) is 0. The summed E-state index contributed by atoms with van der Waals surface area (Å²) >= 11 is 0. The molecule has 0 saturated heterocycles. The van der Waals surface area contributed by atoms with E-state index in [1.165, 1.54) is 12.1 Å². The van der Waals surface area contributed by atoms with Crippen LogP contribution in [0.4, 0.5) is 4.39 Å². The Morgan fingerprint density at radius 2 is 1.82 bits per heavy atom. The van der Waals surface area contributed by atoms with Gasteiger partial charge in [-0.2, -0.15) is 0 Å². The molecule has 0 spiro atoms. The molecule has 1 aromatic carbocycles. The van der Waals surface area contributed by atoms with Crippen molar-refractivity contribution in [1.82, 2.24) is 4.98 Å². The number of benzene rings is 1. The van der Waals surface area contributed by atoms with Crippen molar-refractivity contribution in [1.29, 1.82) is 0 Å². The van der Waals surface area contributed by atoms with Crippen molar-refractivity contribution in [3.8, 4) is 11.1 Å². The number of esters is 1. The zero-order valence-electron chi connectivity index (χ0n) is 13.0. The molecule has 0 unspecified atom stereocenters. The van der Waals surface area contributed by atoms with E-state index in [9.17, 15) is 14.0 Å². The van der Waals surface area contributed by atoms with Crippen molar-refractivity contribution in [3.63, 3.8) is 0 Å². The first kappa shape index (κ1) is 15.9. The number of H-pyrrole nitrogens is 1. The molecule has 0 bridgehead atoms. The van der Waals surface area contributed by atoms with Crippen molar-refractivity contribution in [3.05, 3.63) is 47.0 Å². The monoisotopic (exact) mass is 303 g/mol. The number of aldehydes is 1. The van der Waals surface area contributed by atoms with Gasteiger partial charge in [0.25, 0.3) is 0 Å². The Bertz CT molecular complexity index is 709. The Hall–Kier alpha value is -2.43. The lowest BCUT2D eigenvalue weighted by atomic mass is 10.0. The van der Waals surface area contributed by atoms with Crippen LogP contribution in [0.3, 0.4) is 0 Å². The van der Waals surface area contributed by atoms with Crippen molar-refractivity contribution in [2.24, 2.45) is 0 Å². The molecule has 2 rings (SSSR count). The predicted octanol–water partition coefficient (Wildman–Crippen LogP) is 3.90. The fourth-order valence-electron chi connectivity index (χ4n) is 2.23. The zero-order chi connectivity index (χ0) is 16.5. The topological polar surface area (TPSA) is 59.2 Å². The van der Waals surface area contributed by atoms with Crippen LogP contribution in [-0.4, -0.2) is 22.8 Å². The first-order valence-corrected chi connectivity index (χ1v) is 6.90. The standard InChI is InChI=1S/C17H18FNO3/c1-10-14(11-5-7-12(18)8-6-11)13(9-20)19-15(10)16(21)22-17(2,3)4/h5-9,19H,1-4H3. The number of carbonyl (C=O) groups is 2. The van der Waals surface area contributed by atoms with Gasteiger partial charge in [0.15, 0.2) is 6.29 Å². The quantitative estimate of drug-likeness (QED) is 0.691. The molecular formula is C17H18FNO3. The van der Waals surface area contributed by atoms with Crippen molar-refractivity contribution in [2.75, 3.05) is 0 Å². The highest BCUT2D eigenvalue weighted by Gasteiger charge is 2.24. The largest absolute Gasteiger partial charge is 0.455 e. The number of hydrogen-bond acceptors (Lipinski definition) is 3. The van der Waals surface area contributed by atoms with Crippen LogP contribution in [0.15, 0.2) is 24.3 Å². The lowest BCUT2D eigenvalue weighted by Gasteiger charge is -2.19. The van der Waals surface area contributed by atoms with Gasteiger partial charge >= 0.3 is 5.97 Å². The molecule has 0 amide bonds. The second kappa shape index (κ2) is 5.75. The van der Waals surface area contributed by atoms with Gasteiger partial charge in [0.1, 0.15) is 17.1 Å². The van der Waals surface area contributed by atoms with Crippen LogP contribution in [0.1, 0.15) is 47.3 Å². The Morgan fingerprint density at radius 1 is 1.23 bits per heavy atom. The van der Waals surface area contributed by atoms with E-state index in [1.807, 2.05) is 0 Å². The minimum absolute atomic E-state index is 0.233. The van der Waals surface area contributed by atoms with Gasteiger partial charge in [-0.1, -0.05) is 12.1 Å². The summed E-state index contributed by atoms with van der Waals surface area (Å²) in [4.78, 5) is 26.3. The third-order valence-corrected chi connectivity index (χ3v) is 3.13. The highest BCUT2D eigenvalue weighted by Crippen LogP contribution is 2.30. The number of halogens is 1. The molecule has 0 aliphatic rings. The summed E-state index contributed by atoms with van der Waals surface area (Å²) in [5.74, 6) is -0.890. The molecule has 0 aliphatic heterocycles. The van der Waals surface area contributed by atoms with Crippen molar-refractivity contribution < 1.29 is 18.7 Å². The number of carbonyl (C=O) groups excluding carboxylic acids is 2. The number of hydrogen-bond donors (Lipinski definition) is 1. The molecule has 0 aliphatic carbocycles. The van der Waals surface area contributed by atoms with Gasteiger partial charge in [0, 0.05) is 5.56 Å². The Labute approximate surface area is 128 Å². The molecule has 0 atom stereocenters. The Balaban J connectivity index is 2.50. The van der Waals surface area contributed by atoms with E-state index in [4.69, 9.17) is 4.74 Å². The molecule has 0 fully saturated rings. The minimum Gasteiger partial charge on any atom is -0.455 e. The summed E-state index contributed by atoms with van der Waals surface area (Å²) < 4.78 is 18.4. The fraction of sp³-hybridized carbons (Fsp3) is 0.294. The van der Waals surface area contributed by atoms with Crippen LogP contribution in [0, 0.1) is 12.7 Å². The Morgan fingerprint density at radius 3 is 2.32 bits per heavy atom. The lowest BCUT2D eigenvalue weighted by Crippen LogP contribution is -2.24. The summed E-state index contributed by atoms with van der Waals surface area (Å²) in [6, 6.07) is 5.75. The van der Waals surface area contributed by atoms with Gasteiger partial charge in [0.2, 0.25) is 0 Å². The molecule has 1 heterocycles. The van der Waals surface area contributed by atoms with Gasteiger partial charge in [-0.15, -0.1) is 0 Å². The average Bonchev–Trinajstić information content (AvgIpc) is 2.75. The van der Waals surface area contributed by atoms with E-state index in [0.717, 1.165) is 0 Å². The number of aromatic nitrogens is 1. The summed E-state index contributed by atoms with van der Waals surface area (Å²) in [6.07, 6.45) is 0.638. The van der Waals surface area contributed by atoms with Crippen LogP contribution in [-0.2, 0) is 4.74 Å². The van der Waals surface area contributed by atoms with Crippen molar-refractivity contribution in [2.45, 2.75) is 33.3 Å². The third kappa shape index (κ3) is 3.24. The summed E-state index contributed by atoms with van der Waals surface area (Å²) in [7, 11) is 0. The van der Waals surface area contributed by atoms with Gasteiger partial charge in [-0.25, -0.2) is 9.18 Å². The highest BCUT2D eigenvalue weighted by molar-refractivity contribution is 5.97. The maximum absolute atomic E-state index is 13.1. The van der Waals surface area contributed by atoms with Gasteiger partial charge in [-0.3, -0.25) is 4.79 Å². The van der Waals surface area contributed by atoms with Crippen molar-refractivity contribution >= 4 is 12.3 Å². The number of nitrogens with one attached hydrogen (secondary N) is 1. The van der Waals surface area contributed by atoms with Gasteiger partial charge < -0.3 is 9.72 Å². The maximum Gasteiger partial charge on any atom is 0.355 e. The molecule has 0 radical (unpaired) electrons. The molecule has 1 N–H and O–H groups in total. The van der Waals surface area contributed by atoms with Gasteiger partial charge in [0.05, 0.1) is 5.69 Å². The molecule has 1 aromatic heterocycles. The van der Waals surface area contributed by atoms with Gasteiger partial charge in [-0.05, 0) is 51.0 Å². The molecule has 5 heteroatoms. The first-order chi connectivity index (χ1) is 10.2. The predicted molar refractivity (Wildman–Crippen MR) is 81.5 cm³/mol. The molecular weight excluding hydrogens is 285 g/mol. The van der Waals surface area contributed by atoms with E-state index < -0.39 is 11.6 Å². The van der Waals surface area contributed by atoms with Crippen LogP contribution in [0.2, 0.25) is 0 Å². The highest BCUT2D eigenvalue weighted by atomic mass is 19.1. The zero-order valence-corrected chi connectivity index (χ0v) is 13.0. The van der Waals surface area contributed by atoms with E-state index in [0.29, 0.717) is 23.0 Å². The van der Waals surface area contributed by atoms with E-state index in [2.05, 4.69) is 4.98 Å². The smallest absolute Gasteiger partial charge is 0.355 e. The first-order valence-electron chi connectivity index (χ1n) is 6.90. The molecule has 4 nitrogen and oxygen atoms in total. The normalized spacial score (nSPS) is 11.3. The SMILES string of the molecule is Cc1c(C(=O)OC(C)(C)C)[nH]c(C=O)c1-c1ccc(F)cc1. The molecule has 2 aromatic rings. The average molecular weight is 303 g/mol. The minimum atomic E-state index is -0.633. The second-order valence-corrected chi connectivity index (χ2v) is 6.04. The van der Waals surface area contributed by atoms with Crippen LogP contribution >= 0.6 is 0 Å². The Kier molecular flexibility index (Phi) is 4.17. The number of aromatic amines is 1. The fourth-order valence-corrected chi connectivity index (χ4v) is 2.23. The van der Waals surface area contributed by atoms with E-state index in [-0.39, 0.29) is 17.2 Å². The second-order valence-electron chi connectivity index (χ2n) is 6.04. The van der Waals surface area contributed by atoms with Crippen LogP contribution < -0.4 is 0 Å². The molecule has 22 heavy (non-hydrogen) atoms. The number of ether oxygens (including phenoxy) is 1. The van der Waals surface area contributed by atoms with E-state index >= 15 is 0 Å². The summed E-state index contributed by atoms with van der Waals surface area (Å²) in [6.45, 7) is 7.03.